The molecule has 11 nitrogen and oxygen atoms in total. The third kappa shape index (κ3) is 7.39. The lowest BCUT2D eigenvalue weighted by Gasteiger charge is -2.10. The smallest absolute Gasteiger partial charge is 0.321 e. The molecule has 2 aromatic rings. The summed E-state index contributed by atoms with van der Waals surface area (Å²) >= 11 is 0. The molecule has 12 heteroatoms. The maximum atomic E-state index is 12.3. The summed E-state index contributed by atoms with van der Waals surface area (Å²) in [7, 11) is -2.67. The van der Waals surface area contributed by atoms with Gasteiger partial charge in [-0.25, -0.2) is 8.42 Å². The van der Waals surface area contributed by atoms with Gasteiger partial charge in [0, 0.05) is 13.1 Å². The number of carbonyl (C=O) groups is 1. The number of hydrogen-bond donors (Lipinski definition) is 2. The molecule has 174 valence electrons. The Morgan fingerprint density at radius 2 is 1.66 bits per heavy atom. The Balaban J connectivity index is 1.79. The van der Waals surface area contributed by atoms with Gasteiger partial charge in [0.1, 0.15) is 36.9 Å². The van der Waals surface area contributed by atoms with E-state index in [-0.39, 0.29) is 23.8 Å². The molecule has 0 aliphatic heterocycles. The van der Waals surface area contributed by atoms with Gasteiger partial charge in [0.15, 0.2) is 0 Å². The van der Waals surface area contributed by atoms with Crippen LogP contribution in [0.15, 0.2) is 47.4 Å². The molecule has 0 unspecified atom stereocenters. The molecule has 0 heterocycles. The minimum absolute atomic E-state index is 0.0747. The van der Waals surface area contributed by atoms with Crippen LogP contribution >= 0.6 is 0 Å². The quantitative estimate of drug-likeness (QED) is 0.196. The number of rotatable bonds is 13. The summed E-state index contributed by atoms with van der Waals surface area (Å²) in [5, 5.41) is 13.7. The zero-order valence-corrected chi connectivity index (χ0v) is 18.5. The molecule has 0 aliphatic rings. The molecule has 0 atom stereocenters. The third-order valence-corrected chi connectivity index (χ3v) is 5.46. The number of carbonyl (C=O) groups excluding carboxylic acids is 1. The van der Waals surface area contributed by atoms with Gasteiger partial charge in [0.25, 0.3) is 5.69 Å². The average molecular weight is 468 g/mol. The highest BCUT2D eigenvalue weighted by Gasteiger charge is 2.21. The largest absolute Gasteiger partial charge is 0.494 e. The van der Waals surface area contributed by atoms with Crippen molar-refractivity contribution in [1.29, 1.82) is 0 Å². The van der Waals surface area contributed by atoms with Crippen molar-refractivity contribution >= 4 is 27.4 Å². The highest BCUT2D eigenvalue weighted by molar-refractivity contribution is 7.89. The lowest BCUT2D eigenvalue weighted by molar-refractivity contribution is -0.384. The van der Waals surface area contributed by atoms with E-state index >= 15 is 0 Å². The number of nitro benzene ring substituents is 1. The van der Waals surface area contributed by atoms with E-state index in [4.69, 9.17) is 14.2 Å². The monoisotopic (exact) mass is 467 g/mol. The molecule has 32 heavy (non-hydrogen) atoms. The fraction of sp³-hybridized carbons (Fsp3) is 0.350. The van der Waals surface area contributed by atoms with E-state index < -0.39 is 33.1 Å². The number of nitro groups is 1. The second kappa shape index (κ2) is 11.9. The van der Waals surface area contributed by atoms with E-state index in [0.29, 0.717) is 12.4 Å². The third-order valence-electron chi connectivity index (χ3n) is 4.06. The number of esters is 1. The highest BCUT2D eigenvalue weighted by Crippen LogP contribution is 2.27. The normalized spacial score (nSPS) is 10.9. The standard InChI is InChI=1S/C20H25N3O8S/c1-3-10-29-15-4-6-16(7-5-15)30-11-12-31-20(24)14-22-32(27,28)17-8-9-18(21-2)19(13-17)23(25)26/h4-9,13,21-22H,3,10-12,14H2,1-2H3. The molecule has 0 fully saturated rings. The predicted octanol–water partition coefficient (Wildman–Crippen LogP) is 2.33. The minimum atomic E-state index is -4.15. The van der Waals surface area contributed by atoms with Crippen LogP contribution in [0, 0.1) is 10.1 Å². The maximum Gasteiger partial charge on any atom is 0.321 e. The second-order valence-electron chi connectivity index (χ2n) is 6.40. The SMILES string of the molecule is CCCOc1ccc(OCCOC(=O)CNS(=O)(=O)c2ccc(NC)c([N+](=O)[O-])c2)cc1. The van der Waals surface area contributed by atoms with Gasteiger partial charge < -0.3 is 19.5 Å². The van der Waals surface area contributed by atoms with Crippen LogP contribution in [0.2, 0.25) is 0 Å². The summed E-state index contributed by atoms with van der Waals surface area (Å²) in [5.74, 6) is 0.475. The molecule has 0 saturated carbocycles. The van der Waals surface area contributed by atoms with Gasteiger partial charge in [-0.2, -0.15) is 4.72 Å². The van der Waals surface area contributed by atoms with Crippen molar-refractivity contribution < 1.29 is 32.3 Å². The number of ether oxygens (including phenoxy) is 3. The van der Waals surface area contributed by atoms with Crippen LogP contribution in [0.25, 0.3) is 0 Å². The van der Waals surface area contributed by atoms with E-state index in [0.717, 1.165) is 18.2 Å². The first kappa shape index (κ1) is 24.9. The van der Waals surface area contributed by atoms with Gasteiger partial charge in [0.05, 0.1) is 16.4 Å². The van der Waals surface area contributed by atoms with Crippen molar-refractivity contribution in [2.45, 2.75) is 18.2 Å². The van der Waals surface area contributed by atoms with Crippen LogP contribution < -0.4 is 19.5 Å². The van der Waals surface area contributed by atoms with Gasteiger partial charge in [-0.1, -0.05) is 6.92 Å². The number of benzene rings is 2. The first-order valence-electron chi connectivity index (χ1n) is 9.74. The summed E-state index contributed by atoms with van der Waals surface area (Å²) in [4.78, 5) is 21.9. The number of nitrogens with zero attached hydrogens (tertiary/aromatic N) is 1. The van der Waals surface area contributed by atoms with E-state index in [1.54, 1.807) is 24.3 Å². The Kier molecular flexibility index (Phi) is 9.22. The van der Waals surface area contributed by atoms with Gasteiger partial charge in [-0.3, -0.25) is 14.9 Å². The average Bonchev–Trinajstić information content (AvgIpc) is 2.79. The van der Waals surface area contributed by atoms with Crippen LogP contribution in [0.4, 0.5) is 11.4 Å². The molecule has 0 amide bonds. The lowest BCUT2D eigenvalue weighted by atomic mass is 10.3. The maximum absolute atomic E-state index is 12.3. The molecule has 0 saturated heterocycles. The minimum Gasteiger partial charge on any atom is -0.494 e. The first-order valence-corrected chi connectivity index (χ1v) is 11.2. The Labute approximate surface area is 185 Å². The first-order chi connectivity index (χ1) is 15.3. The Morgan fingerprint density at radius 3 is 2.22 bits per heavy atom. The molecule has 0 bridgehead atoms. The Hall–Kier alpha value is -3.38. The van der Waals surface area contributed by atoms with Crippen molar-refractivity contribution in [3.63, 3.8) is 0 Å². The zero-order valence-electron chi connectivity index (χ0n) is 17.7. The van der Waals surface area contributed by atoms with Crippen LogP contribution in [-0.2, 0) is 19.6 Å². The number of anilines is 1. The van der Waals surface area contributed by atoms with Crippen molar-refractivity contribution in [3.05, 3.63) is 52.6 Å². The summed E-state index contributed by atoms with van der Waals surface area (Å²) in [6, 6.07) is 10.3. The highest BCUT2D eigenvalue weighted by atomic mass is 32.2. The fourth-order valence-electron chi connectivity index (χ4n) is 2.50. The van der Waals surface area contributed by atoms with Gasteiger partial charge in [-0.15, -0.1) is 0 Å². The van der Waals surface area contributed by atoms with Gasteiger partial charge in [0.2, 0.25) is 10.0 Å². The summed E-state index contributed by atoms with van der Waals surface area (Å²) in [6.07, 6.45) is 0.905. The van der Waals surface area contributed by atoms with Crippen LogP contribution in [0.5, 0.6) is 11.5 Å². The molecular weight excluding hydrogens is 442 g/mol. The molecule has 0 aliphatic carbocycles. The summed E-state index contributed by atoms with van der Waals surface area (Å²) in [5.41, 5.74) is -0.239. The van der Waals surface area contributed by atoms with E-state index in [2.05, 4.69) is 10.0 Å². The summed E-state index contributed by atoms with van der Waals surface area (Å²) < 4.78 is 42.6. The molecular formula is C20H25N3O8S. The molecule has 2 aromatic carbocycles. The molecule has 2 N–H and O–H groups in total. The van der Waals surface area contributed by atoms with Crippen molar-refractivity contribution in [3.8, 4) is 11.5 Å². The number of hydrogen-bond acceptors (Lipinski definition) is 9. The van der Waals surface area contributed by atoms with Crippen LogP contribution in [0.3, 0.4) is 0 Å². The molecule has 0 radical (unpaired) electrons. The van der Waals surface area contributed by atoms with Gasteiger partial charge in [-0.05, 0) is 42.8 Å². The Bertz CT molecular complexity index is 1030. The lowest BCUT2D eigenvalue weighted by Crippen LogP contribution is -2.31. The van der Waals surface area contributed by atoms with Crippen molar-refractivity contribution in [1.82, 2.24) is 4.72 Å². The predicted molar refractivity (Wildman–Crippen MR) is 117 cm³/mol. The van der Waals surface area contributed by atoms with Crippen LogP contribution in [-0.4, -0.2) is 52.7 Å². The Morgan fingerprint density at radius 1 is 1.03 bits per heavy atom. The molecule has 2 rings (SSSR count). The fourth-order valence-corrected chi connectivity index (χ4v) is 3.48. The van der Waals surface area contributed by atoms with Gasteiger partial charge >= 0.3 is 5.97 Å². The second-order valence-corrected chi connectivity index (χ2v) is 8.17. The molecule has 0 spiro atoms. The topological polar surface area (TPSA) is 146 Å². The van der Waals surface area contributed by atoms with Crippen LogP contribution in [0.1, 0.15) is 13.3 Å². The van der Waals surface area contributed by atoms with Crippen molar-refractivity contribution in [2.75, 3.05) is 38.7 Å². The summed E-state index contributed by atoms with van der Waals surface area (Å²) in [6.45, 7) is 1.99. The van der Waals surface area contributed by atoms with E-state index in [1.807, 2.05) is 6.92 Å². The molecule has 0 aromatic heterocycles. The number of nitrogens with one attached hydrogen (secondary N) is 2. The number of sulfonamides is 1. The van der Waals surface area contributed by atoms with E-state index in [9.17, 15) is 23.3 Å². The van der Waals surface area contributed by atoms with Crippen molar-refractivity contribution in [2.24, 2.45) is 0 Å². The zero-order chi connectivity index (χ0) is 23.6. The van der Waals surface area contributed by atoms with E-state index in [1.165, 1.54) is 19.2 Å².